The Bertz CT molecular complexity index is 220. The molecule has 3 nitrogen and oxygen atoms in total. The highest BCUT2D eigenvalue weighted by Gasteiger charge is 2.40. The second-order valence-electron chi connectivity index (χ2n) is 2.31. The second-order valence-corrected chi connectivity index (χ2v) is 2.31. The molecule has 80 valence electrons. The summed E-state index contributed by atoms with van der Waals surface area (Å²) in [6.07, 6.45) is -0.815. The number of esters is 1. The number of aldehydes is 1. The molecule has 0 fully saturated rings. The first-order chi connectivity index (χ1) is 6.48. The van der Waals surface area contributed by atoms with Crippen molar-refractivity contribution in [2.45, 2.75) is 19.0 Å². The van der Waals surface area contributed by atoms with Crippen molar-refractivity contribution >= 4 is 12.3 Å². The van der Waals surface area contributed by atoms with Crippen molar-refractivity contribution < 1.29 is 27.5 Å². The van der Waals surface area contributed by atoms with Gasteiger partial charge in [0.05, 0.1) is 0 Å². The normalized spacial score (nSPS) is 11.6. The molecular weight excluding hydrogens is 201 g/mol. The van der Waals surface area contributed by atoms with Crippen molar-refractivity contribution in [1.29, 1.82) is 0 Å². The van der Waals surface area contributed by atoms with Gasteiger partial charge >= 0.3 is 12.1 Å². The van der Waals surface area contributed by atoms with Gasteiger partial charge in [0.25, 0.3) is 0 Å². The molecule has 6 heteroatoms. The van der Waals surface area contributed by atoms with Gasteiger partial charge in [0.15, 0.2) is 0 Å². The van der Waals surface area contributed by atoms with Gasteiger partial charge in [-0.25, -0.2) is 4.79 Å². The van der Waals surface area contributed by atoms with Crippen molar-refractivity contribution in [2.24, 2.45) is 0 Å². The molecule has 0 atom stereocenters. The van der Waals surface area contributed by atoms with Crippen LogP contribution in [0, 0.1) is 0 Å². The molecule has 0 aliphatic heterocycles. The Morgan fingerprint density at radius 1 is 1.21 bits per heavy atom. The Morgan fingerprint density at radius 2 is 1.86 bits per heavy atom. The standard InChI is InChI=1S/C8H9F3O3/c9-8(10,11)7(13)14-6-4-2-1-3-5-12/h2,4-5H,1,3,6H2. The maximum Gasteiger partial charge on any atom is 0.490 e. The van der Waals surface area contributed by atoms with Gasteiger partial charge < -0.3 is 9.53 Å². The SMILES string of the molecule is O=CCCC=CCOC(=O)C(F)(F)F. The molecule has 0 aromatic carbocycles. The van der Waals surface area contributed by atoms with E-state index in [1.807, 2.05) is 0 Å². The molecule has 0 aliphatic carbocycles. The van der Waals surface area contributed by atoms with Crippen LogP contribution in [0.4, 0.5) is 13.2 Å². The summed E-state index contributed by atoms with van der Waals surface area (Å²) < 4.78 is 38.5. The zero-order valence-corrected chi connectivity index (χ0v) is 7.21. The van der Waals surface area contributed by atoms with E-state index in [1.54, 1.807) is 0 Å². The third kappa shape index (κ3) is 6.22. The van der Waals surface area contributed by atoms with Crippen LogP contribution in [0.3, 0.4) is 0 Å². The predicted molar refractivity (Wildman–Crippen MR) is 41.5 cm³/mol. The second kappa shape index (κ2) is 6.17. The molecule has 0 aromatic heterocycles. The number of hydrogen-bond acceptors (Lipinski definition) is 3. The molecular formula is C8H9F3O3. The van der Waals surface area contributed by atoms with Crippen molar-refractivity contribution in [3.63, 3.8) is 0 Å². The van der Waals surface area contributed by atoms with Gasteiger partial charge in [-0.1, -0.05) is 12.2 Å². The van der Waals surface area contributed by atoms with Crippen LogP contribution >= 0.6 is 0 Å². The highest BCUT2D eigenvalue weighted by Crippen LogP contribution is 2.16. The van der Waals surface area contributed by atoms with Gasteiger partial charge in [-0.15, -0.1) is 0 Å². The lowest BCUT2D eigenvalue weighted by atomic mass is 10.3. The third-order valence-corrected chi connectivity index (χ3v) is 1.16. The van der Waals surface area contributed by atoms with Gasteiger partial charge in [0.2, 0.25) is 0 Å². The zero-order chi connectivity index (χ0) is 11.0. The van der Waals surface area contributed by atoms with Crippen LogP contribution in [0.2, 0.25) is 0 Å². The third-order valence-electron chi connectivity index (χ3n) is 1.16. The largest absolute Gasteiger partial charge is 0.490 e. The van der Waals surface area contributed by atoms with Gasteiger partial charge in [0.1, 0.15) is 12.9 Å². The summed E-state index contributed by atoms with van der Waals surface area (Å²) in [5, 5.41) is 0. The first-order valence-corrected chi connectivity index (χ1v) is 3.81. The van der Waals surface area contributed by atoms with Gasteiger partial charge in [-0.2, -0.15) is 13.2 Å². The predicted octanol–water partition coefficient (Wildman–Crippen LogP) is 1.63. The average Bonchev–Trinajstić information content (AvgIpc) is 2.09. The van der Waals surface area contributed by atoms with E-state index in [0.29, 0.717) is 19.1 Å². The lowest BCUT2D eigenvalue weighted by molar-refractivity contribution is -0.198. The number of unbranched alkanes of at least 4 members (excludes halogenated alkanes) is 1. The maximum absolute atomic E-state index is 11.5. The quantitative estimate of drug-likeness (QED) is 0.300. The number of allylic oxidation sites excluding steroid dienone is 1. The van der Waals surface area contributed by atoms with Gasteiger partial charge in [-0.3, -0.25) is 0 Å². The fraction of sp³-hybridized carbons (Fsp3) is 0.500. The zero-order valence-electron chi connectivity index (χ0n) is 7.21. The van der Waals surface area contributed by atoms with Crippen molar-refractivity contribution in [1.82, 2.24) is 0 Å². The van der Waals surface area contributed by atoms with Gasteiger partial charge in [0, 0.05) is 6.42 Å². The molecule has 0 aromatic rings. The first-order valence-electron chi connectivity index (χ1n) is 3.81. The molecule has 0 radical (unpaired) electrons. The summed E-state index contributed by atoms with van der Waals surface area (Å²) in [5.41, 5.74) is 0. The summed E-state index contributed by atoms with van der Waals surface area (Å²) >= 11 is 0. The van der Waals surface area contributed by atoms with E-state index in [0.717, 1.165) is 0 Å². The Hall–Kier alpha value is -1.33. The number of carbonyl (C=O) groups is 2. The van der Waals surface area contributed by atoms with E-state index in [4.69, 9.17) is 0 Å². The summed E-state index contributed by atoms with van der Waals surface area (Å²) in [6.45, 7) is -0.433. The maximum atomic E-state index is 11.5. The van der Waals surface area contributed by atoms with E-state index < -0.39 is 18.8 Å². The number of halogens is 3. The molecule has 14 heavy (non-hydrogen) atoms. The van der Waals surface area contributed by atoms with Crippen LogP contribution in [0.1, 0.15) is 12.8 Å². The van der Waals surface area contributed by atoms with Crippen LogP contribution in [0.15, 0.2) is 12.2 Å². The van der Waals surface area contributed by atoms with E-state index in [-0.39, 0.29) is 0 Å². The molecule has 0 amide bonds. The fourth-order valence-electron chi connectivity index (χ4n) is 0.556. The summed E-state index contributed by atoms with van der Waals surface area (Å²) in [5.74, 6) is -2.21. The van der Waals surface area contributed by atoms with Crippen molar-refractivity contribution in [2.75, 3.05) is 6.61 Å². The molecule has 0 saturated carbocycles. The van der Waals surface area contributed by atoms with E-state index in [1.165, 1.54) is 12.2 Å². The van der Waals surface area contributed by atoms with E-state index in [9.17, 15) is 22.8 Å². The Morgan fingerprint density at radius 3 is 2.36 bits per heavy atom. The van der Waals surface area contributed by atoms with Crippen LogP contribution in [-0.2, 0) is 14.3 Å². The minimum absolute atomic E-state index is 0.295. The van der Waals surface area contributed by atoms with Crippen LogP contribution in [0.25, 0.3) is 0 Å². The van der Waals surface area contributed by atoms with Crippen molar-refractivity contribution in [3.05, 3.63) is 12.2 Å². The van der Waals surface area contributed by atoms with E-state index in [2.05, 4.69) is 4.74 Å². The van der Waals surface area contributed by atoms with Crippen LogP contribution in [0.5, 0.6) is 0 Å². The van der Waals surface area contributed by atoms with Crippen molar-refractivity contribution in [3.8, 4) is 0 Å². The van der Waals surface area contributed by atoms with Gasteiger partial charge in [-0.05, 0) is 6.42 Å². The number of hydrogen-bond donors (Lipinski definition) is 0. The van der Waals surface area contributed by atoms with Crippen LogP contribution < -0.4 is 0 Å². The Balaban J connectivity index is 3.59. The summed E-state index contributed by atoms with van der Waals surface area (Å²) in [6, 6.07) is 0. The highest BCUT2D eigenvalue weighted by atomic mass is 19.4. The molecule has 0 N–H and O–H groups in total. The minimum atomic E-state index is -4.95. The number of rotatable bonds is 5. The monoisotopic (exact) mass is 210 g/mol. The number of ether oxygens (including phenoxy) is 1. The molecule has 0 saturated heterocycles. The molecule has 0 bridgehead atoms. The molecule has 0 aliphatic rings. The van der Waals surface area contributed by atoms with E-state index >= 15 is 0 Å². The molecule has 0 heterocycles. The topological polar surface area (TPSA) is 43.4 Å². The Kier molecular flexibility index (Phi) is 5.59. The van der Waals surface area contributed by atoms with Crippen LogP contribution in [-0.4, -0.2) is 25.0 Å². The summed E-state index contributed by atoms with van der Waals surface area (Å²) in [4.78, 5) is 19.9. The number of carbonyl (C=O) groups excluding carboxylic acids is 2. The first kappa shape index (κ1) is 12.7. The lowest BCUT2D eigenvalue weighted by Gasteiger charge is -2.03. The summed E-state index contributed by atoms with van der Waals surface area (Å²) in [7, 11) is 0. The smallest absolute Gasteiger partial charge is 0.455 e. The molecule has 0 unspecified atom stereocenters. The minimum Gasteiger partial charge on any atom is -0.455 e. The number of alkyl halides is 3. The Labute approximate surface area is 78.5 Å². The highest BCUT2D eigenvalue weighted by molar-refractivity contribution is 5.75. The lowest BCUT2D eigenvalue weighted by Crippen LogP contribution is -2.25. The molecule has 0 spiro atoms. The molecule has 0 rings (SSSR count). The fourth-order valence-corrected chi connectivity index (χ4v) is 0.556. The average molecular weight is 210 g/mol.